The van der Waals surface area contributed by atoms with Gasteiger partial charge in [-0.2, -0.15) is 0 Å². The molecule has 9 heteroatoms. The van der Waals surface area contributed by atoms with Gasteiger partial charge >= 0.3 is 11.9 Å². The molecule has 1 saturated heterocycles. The van der Waals surface area contributed by atoms with Gasteiger partial charge in [0, 0.05) is 6.42 Å². The van der Waals surface area contributed by atoms with Crippen molar-refractivity contribution in [1.82, 2.24) is 0 Å². The summed E-state index contributed by atoms with van der Waals surface area (Å²) in [4.78, 5) is 23.6. The zero-order valence-electron chi connectivity index (χ0n) is 21.5. The number of aliphatic hydroxyl groups is 5. The van der Waals surface area contributed by atoms with Crippen LogP contribution in [0.3, 0.4) is 0 Å². The maximum atomic E-state index is 11.8. The lowest BCUT2D eigenvalue weighted by atomic mass is 9.91. The van der Waals surface area contributed by atoms with Gasteiger partial charge in [0.25, 0.3) is 0 Å². The number of unbranched alkanes of at least 4 members (excludes halogenated alkanes) is 10. The van der Waals surface area contributed by atoms with Crippen LogP contribution in [0.2, 0.25) is 0 Å². The SMILES string of the molecule is CCCCCCCCC(O)C(=O)OC(=O)CCCCCCCCC(O)C1O[C@H](C)[C@@H](O)[C@H](O)[C@@H]1O. The molecule has 0 aromatic heterocycles. The molecule has 9 nitrogen and oxygen atoms in total. The van der Waals surface area contributed by atoms with Crippen LogP contribution in [0.4, 0.5) is 0 Å². The van der Waals surface area contributed by atoms with Gasteiger partial charge in [0.05, 0.1) is 12.2 Å². The summed E-state index contributed by atoms with van der Waals surface area (Å²) in [6.07, 6.45) is 4.32. The van der Waals surface area contributed by atoms with E-state index in [1.54, 1.807) is 6.92 Å². The molecular formula is C26H48O9. The van der Waals surface area contributed by atoms with Crippen LogP contribution >= 0.6 is 0 Å². The largest absolute Gasteiger partial charge is 0.391 e. The molecule has 35 heavy (non-hydrogen) atoms. The highest BCUT2D eigenvalue weighted by Crippen LogP contribution is 2.25. The van der Waals surface area contributed by atoms with Crippen LogP contribution in [0, 0.1) is 0 Å². The molecular weight excluding hydrogens is 456 g/mol. The van der Waals surface area contributed by atoms with Crippen molar-refractivity contribution >= 4 is 11.9 Å². The molecule has 1 heterocycles. The van der Waals surface area contributed by atoms with Crippen molar-refractivity contribution in [1.29, 1.82) is 0 Å². The number of carbonyl (C=O) groups is 2. The van der Waals surface area contributed by atoms with E-state index in [1.165, 1.54) is 12.8 Å². The summed E-state index contributed by atoms with van der Waals surface area (Å²) < 4.78 is 10.2. The van der Waals surface area contributed by atoms with E-state index in [2.05, 4.69) is 6.92 Å². The Labute approximate surface area is 209 Å². The Morgan fingerprint density at radius 1 is 0.771 bits per heavy atom. The summed E-state index contributed by atoms with van der Waals surface area (Å²) in [5.74, 6) is -1.46. The van der Waals surface area contributed by atoms with Crippen LogP contribution in [0.25, 0.3) is 0 Å². The summed E-state index contributed by atoms with van der Waals surface area (Å²) in [5.41, 5.74) is 0. The van der Waals surface area contributed by atoms with Gasteiger partial charge in [0.2, 0.25) is 0 Å². The Morgan fingerprint density at radius 3 is 1.94 bits per heavy atom. The van der Waals surface area contributed by atoms with Crippen LogP contribution in [0.5, 0.6) is 0 Å². The van der Waals surface area contributed by atoms with E-state index in [4.69, 9.17) is 9.47 Å². The number of carbonyl (C=O) groups excluding carboxylic acids is 2. The third-order valence-corrected chi connectivity index (χ3v) is 6.72. The molecule has 3 unspecified atom stereocenters. The lowest BCUT2D eigenvalue weighted by Gasteiger charge is -2.41. The van der Waals surface area contributed by atoms with E-state index in [9.17, 15) is 35.1 Å². The average molecular weight is 505 g/mol. The third kappa shape index (κ3) is 12.6. The number of hydrogen-bond acceptors (Lipinski definition) is 9. The van der Waals surface area contributed by atoms with Crippen LogP contribution < -0.4 is 0 Å². The first-order chi connectivity index (χ1) is 16.7. The summed E-state index contributed by atoms with van der Waals surface area (Å²) in [6, 6.07) is 0. The predicted molar refractivity (Wildman–Crippen MR) is 130 cm³/mol. The van der Waals surface area contributed by atoms with Gasteiger partial charge < -0.3 is 35.0 Å². The smallest absolute Gasteiger partial charge is 0.342 e. The molecule has 1 fully saturated rings. The number of aliphatic hydroxyl groups excluding tert-OH is 5. The van der Waals surface area contributed by atoms with Crippen molar-refractivity contribution in [3.63, 3.8) is 0 Å². The average Bonchev–Trinajstić information content (AvgIpc) is 2.83. The molecule has 0 spiro atoms. The molecule has 5 N–H and O–H groups in total. The molecule has 0 aromatic rings. The van der Waals surface area contributed by atoms with E-state index in [1.807, 2.05) is 0 Å². The van der Waals surface area contributed by atoms with E-state index in [0.717, 1.165) is 51.4 Å². The van der Waals surface area contributed by atoms with Gasteiger partial charge in [-0.05, 0) is 26.2 Å². The number of ether oxygens (including phenoxy) is 2. The minimum Gasteiger partial charge on any atom is -0.391 e. The molecule has 0 radical (unpaired) electrons. The van der Waals surface area contributed by atoms with Crippen molar-refractivity contribution in [2.24, 2.45) is 0 Å². The van der Waals surface area contributed by atoms with E-state index in [-0.39, 0.29) is 6.42 Å². The molecule has 0 aromatic carbocycles. The van der Waals surface area contributed by atoms with Crippen LogP contribution in [0.1, 0.15) is 110 Å². The van der Waals surface area contributed by atoms with Crippen molar-refractivity contribution in [2.45, 2.75) is 153 Å². The number of rotatable bonds is 18. The second kappa shape index (κ2) is 18.2. The van der Waals surface area contributed by atoms with Crippen molar-refractivity contribution < 1.29 is 44.6 Å². The minimum absolute atomic E-state index is 0.136. The summed E-state index contributed by atoms with van der Waals surface area (Å²) >= 11 is 0. The Kier molecular flexibility index (Phi) is 16.6. The molecule has 1 aliphatic rings. The molecule has 1 aliphatic heterocycles. The Hall–Kier alpha value is -1.10. The Bertz CT molecular complexity index is 585. The normalized spacial score (nSPS) is 26.3. The number of esters is 2. The Balaban J connectivity index is 2.04. The molecule has 0 amide bonds. The number of hydrogen-bond donors (Lipinski definition) is 5. The first-order valence-corrected chi connectivity index (χ1v) is 13.5. The summed E-state index contributed by atoms with van der Waals surface area (Å²) in [7, 11) is 0. The summed E-state index contributed by atoms with van der Waals surface area (Å²) in [6.45, 7) is 3.73. The first kappa shape index (κ1) is 31.9. The molecule has 7 atom stereocenters. The van der Waals surface area contributed by atoms with Gasteiger partial charge in [-0.25, -0.2) is 4.79 Å². The quantitative estimate of drug-likeness (QED) is 0.108. The zero-order chi connectivity index (χ0) is 26.2. The van der Waals surface area contributed by atoms with Crippen molar-refractivity contribution in [3.05, 3.63) is 0 Å². The highest BCUT2D eigenvalue weighted by Gasteiger charge is 2.44. The topological polar surface area (TPSA) is 154 Å². The fraction of sp³-hybridized carbons (Fsp3) is 0.923. The standard InChI is InChI=1S/C26H48O9/c1-3-4-5-6-9-13-16-20(28)26(33)35-21(29)17-14-11-8-7-10-12-15-19(27)25-24(32)23(31)22(30)18(2)34-25/h18-20,22-25,27-28,30-32H,3-17H2,1-2H3/t18-,19?,20?,22-,23+,24+,25?/m1/s1. The lowest BCUT2D eigenvalue weighted by Crippen LogP contribution is -2.59. The van der Waals surface area contributed by atoms with Crippen molar-refractivity contribution in [3.8, 4) is 0 Å². The Morgan fingerprint density at radius 2 is 1.31 bits per heavy atom. The van der Waals surface area contributed by atoms with Crippen molar-refractivity contribution in [2.75, 3.05) is 0 Å². The molecule has 0 aliphatic carbocycles. The maximum absolute atomic E-state index is 11.8. The second-order valence-electron chi connectivity index (χ2n) is 9.87. The highest BCUT2D eigenvalue weighted by molar-refractivity contribution is 5.87. The third-order valence-electron chi connectivity index (χ3n) is 6.72. The molecule has 1 rings (SSSR count). The van der Waals surface area contributed by atoms with E-state index in [0.29, 0.717) is 25.7 Å². The van der Waals surface area contributed by atoms with Gasteiger partial charge in [-0.1, -0.05) is 77.6 Å². The van der Waals surface area contributed by atoms with Crippen LogP contribution in [-0.4, -0.2) is 80.2 Å². The first-order valence-electron chi connectivity index (χ1n) is 13.5. The maximum Gasteiger partial charge on any atom is 0.342 e. The van der Waals surface area contributed by atoms with Gasteiger partial charge in [-0.15, -0.1) is 0 Å². The fourth-order valence-corrected chi connectivity index (χ4v) is 4.36. The minimum atomic E-state index is -1.34. The monoisotopic (exact) mass is 504 g/mol. The molecule has 0 saturated carbocycles. The van der Waals surface area contributed by atoms with Gasteiger partial charge in [0.15, 0.2) is 6.10 Å². The summed E-state index contributed by atoms with van der Waals surface area (Å²) in [5, 5.41) is 49.8. The van der Waals surface area contributed by atoms with E-state index < -0.39 is 54.7 Å². The lowest BCUT2D eigenvalue weighted by molar-refractivity contribution is -0.239. The predicted octanol–water partition coefficient (Wildman–Crippen LogP) is 2.52. The molecule has 206 valence electrons. The fourth-order valence-electron chi connectivity index (χ4n) is 4.36. The van der Waals surface area contributed by atoms with E-state index >= 15 is 0 Å². The second-order valence-corrected chi connectivity index (χ2v) is 9.87. The zero-order valence-corrected chi connectivity index (χ0v) is 21.5. The highest BCUT2D eigenvalue weighted by atomic mass is 16.6. The van der Waals surface area contributed by atoms with Crippen LogP contribution in [-0.2, 0) is 19.1 Å². The van der Waals surface area contributed by atoms with Crippen LogP contribution in [0.15, 0.2) is 0 Å². The van der Waals surface area contributed by atoms with Gasteiger partial charge in [0.1, 0.15) is 24.4 Å². The molecule has 0 bridgehead atoms. The van der Waals surface area contributed by atoms with Gasteiger partial charge in [-0.3, -0.25) is 4.79 Å².